The zero-order valence-electron chi connectivity index (χ0n) is 22.6. The summed E-state index contributed by atoms with van der Waals surface area (Å²) in [6.07, 6.45) is 5.02. The zero-order chi connectivity index (χ0) is 30.4. The molecule has 11 nitrogen and oxygen atoms in total. The maximum absolute atomic E-state index is 14.7. The lowest BCUT2D eigenvalue weighted by molar-refractivity contribution is 0.485. The van der Waals surface area contributed by atoms with Crippen LogP contribution in [0.5, 0.6) is 0 Å². The van der Waals surface area contributed by atoms with Crippen LogP contribution in [0.3, 0.4) is 0 Å². The van der Waals surface area contributed by atoms with Gasteiger partial charge >= 0.3 is 11.4 Å². The lowest BCUT2D eigenvalue weighted by Gasteiger charge is -2.17. The minimum atomic E-state index is -1.38. The van der Waals surface area contributed by atoms with Gasteiger partial charge in [-0.2, -0.15) is 15.2 Å². The summed E-state index contributed by atoms with van der Waals surface area (Å²) in [7, 11) is 3.50. The van der Waals surface area contributed by atoms with Crippen LogP contribution in [0.4, 0.5) is 24.8 Å². The molecular formula is C28H21ClF3N9O2. The number of halogens is 4. The van der Waals surface area contributed by atoms with Crippen molar-refractivity contribution < 1.29 is 13.2 Å². The third-order valence-electron chi connectivity index (χ3n) is 6.67. The summed E-state index contributed by atoms with van der Waals surface area (Å²) < 4.78 is 47.4. The molecule has 4 aromatic heterocycles. The topological polar surface area (TPSA) is 117 Å². The van der Waals surface area contributed by atoms with Crippen molar-refractivity contribution >= 4 is 34.1 Å². The van der Waals surface area contributed by atoms with E-state index in [1.165, 1.54) is 6.20 Å². The Morgan fingerprint density at radius 1 is 0.884 bits per heavy atom. The molecular weight excluding hydrogens is 587 g/mol. The van der Waals surface area contributed by atoms with Gasteiger partial charge in [0.15, 0.2) is 11.6 Å². The Morgan fingerprint density at radius 3 is 2.44 bits per heavy atom. The molecule has 0 bridgehead atoms. The predicted molar refractivity (Wildman–Crippen MR) is 153 cm³/mol. The van der Waals surface area contributed by atoms with Crippen molar-refractivity contribution in [1.29, 1.82) is 0 Å². The van der Waals surface area contributed by atoms with Gasteiger partial charge in [-0.1, -0.05) is 11.6 Å². The summed E-state index contributed by atoms with van der Waals surface area (Å²) in [5, 5.41) is 12.4. The number of anilines is 2. The van der Waals surface area contributed by atoms with Gasteiger partial charge in [-0.05, 0) is 36.4 Å². The number of rotatable bonds is 7. The molecule has 0 unspecified atom stereocenters. The van der Waals surface area contributed by atoms with Crippen molar-refractivity contribution in [2.75, 3.05) is 5.32 Å². The van der Waals surface area contributed by atoms with Crippen LogP contribution in [0.2, 0.25) is 5.02 Å². The maximum atomic E-state index is 14.7. The number of benzene rings is 2. The molecule has 0 saturated carbocycles. The van der Waals surface area contributed by atoms with Crippen LogP contribution >= 0.6 is 11.6 Å². The summed E-state index contributed by atoms with van der Waals surface area (Å²) in [6.45, 7) is -0.875. The quantitative estimate of drug-likeness (QED) is 0.273. The first-order valence-electron chi connectivity index (χ1n) is 12.8. The molecule has 0 aliphatic rings. The Morgan fingerprint density at radius 2 is 1.67 bits per heavy atom. The molecule has 1 N–H and O–H groups in total. The molecule has 6 rings (SSSR count). The number of aryl methyl sites for hydroxylation is 2. The average molecular weight is 608 g/mol. The number of nitrogens with zero attached hydrogens (tertiary/aromatic N) is 8. The van der Waals surface area contributed by atoms with E-state index < -0.39 is 35.4 Å². The molecule has 0 saturated heterocycles. The summed E-state index contributed by atoms with van der Waals surface area (Å²) in [5.74, 6) is -4.07. The fraction of sp³-hybridized carbons (Fsp3) is 0.143. The maximum Gasteiger partial charge on any atom is 0.355 e. The van der Waals surface area contributed by atoms with E-state index in [1.807, 2.05) is 0 Å². The van der Waals surface area contributed by atoms with Crippen LogP contribution in [-0.4, -0.2) is 38.7 Å². The Labute approximate surface area is 245 Å². The number of nitrogens with one attached hydrogen (secondary N) is 1. The Hall–Kier alpha value is -5.24. The van der Waals surface area contributed by atoms with E-state index in [9.17, 15) is 22.8 Å². The minimum Gasteiger partial charge on any atom is -0.324 e. The smallest absolute Gasteiger partial charge is 0.324 e. The van der Waals surface area contributed by atoms with Crippen LogP contribution < -0.4 is 16.7 Å². The highest BCUT2D eigenvalue weighted by Crippen LogP contribution is 2.29. The zero-order valence-corrected chi connectivity index (χ0v) is 23.3. The van der Waals surface area contributed by atoms with Crippen molar-refractivity contribution in [3.8, 4) is 11.3 Å². The van der Waals surface area contributed by atoms with E-state index in [4.69, 9.17) is 11.6 Å². The molecule has 4 heterocycles. The molecule has 0 fully saturated rings. The van der Waals surface area contributed by atoms with Gasteiger partial charge in [0, 0.05) is 55.3 Å². The molecule has 43 heavy (non-hydrogen) atoms. The molecule has 0 radical (unpaired) electrons. The second kappa shape index (κ2) is 10.9. The van der Waals surface area contributed by atoms with E-state index in [-0.39, 0.29) is 28.8 Å². The molecule has 0 amide bonds. The summed E-state index contributed by atoms with van der Waals surface area (Å²) in [4.78, 5) is 35.3. The van der Waals surface area contributed by atoms with Crippen molar-refractivity contribution in [3.63, 3.8) is 0 Å². The molecule has 6 aromatic rings. The molecule has 218 valence electrons. The Kier molecular flexibility index (Phi) is 7.05. The third kappa shape index (κ3) is 5.51. The second-order valence-electron chi connectivity index (χ2n) is 9.76. The van der Waals surface area contributed by atoms with Crippen molar-refractivity contribution in [2.45, 2.75) is 13.1 Å². The van der Waals surface area contributed by atoms with Gasteiger partial charge in [-0.15, -0.1) is 0 Å². The summed E-state index contributed by atoms with van der Waals surface area (Å²) in [5.41, 5.74) is 0.395. The Balaban J connectivity index is 1.45. The van der Waals surface area contributed by atoms with E-state index in [2.05, 4.69) is 25.5 Å². The highest BCUT2D eigenvalue weighted by Gasteiger charge is 2.19. The van der Waals surface area contributed by atoms with Crippen LogP contribution in [0.1, 0.15) is 11.3 Å². The van der Waals surface area contributed by atoms with Gasteiger partial charge in [0.2, 0.25) is 5.95 Å². The number of hydrogen-bond donors (Lipinski definition) is 1. The van der Waals surface area contributed by atoms with Gasteiger partial charge < -0.3 is 5.32 Å². The summed E-state index contributed by atoms with van der Waals surface area (Å²) >= 11 is 6.45. The van der Waals surface area contributed by atoms with Crippen LogP contribution in [0.25, 0.3) is 22.2 Å². The first kappa shape index (κ1) is 27.9. The summed E-state index contributed by atoms with van der Waals surface area (Å²) in [6, 6.07) is 9.44. The van der Waals surface area contributed by atoms with Crippen molar-refractivity contribution in [3.05, 3.63) is 116 Å². The van der Waals surface area contributed by atoms with Crippen LogP contribution in [0.15, 0.2) is 70.6 Å². The number of pyridine rings is 1. The van der Waals surface area contributed by atoms with E-state index in [0.717, 1.165) is 9.13 Å². The van der Waals surface area contributed by atoms with E-state index >= 15 is 0 Å². The number of aromatic nitrogens is 8. The standard InChI is InChI=1S/C28H21ClF3N9O2/c1-38-6-4-23(36-38)15-3-5-33-18(7-15)14-41-27(42)35-26(34-25-9-17-12-39(2)37-24(17)10-19(25)29)40(28(41)43)13-16-8-21(31)22(32)11-20(16)30/h3-12H,13-14H2,1-2H3,(H,34,35,42). The molecule has 0 atom stereocenters. The number of fused-ring (bicyclic) bond motifs is 1. The van der Waals surface area contributed by atoms with Gasteiger partial charge in [-0.25, -0.2) is 27.3 Å². The lowest BCUT2D eigenvalue weighted by Crippen LogP contribution is -2.43. The Bertz CT molecular complexity index is 2150. The largest absolute Gasteiger partial charge is 0.355 e. The van der Waals surface area contributed by atoms with E-state index in [0.29, 0.717) is 40.0 Å². The monoisotopic (exact) mass is 607 g/mol. The minimum absolute atomic E-state index is 0.200. The van der Waals surface area contributed by atoms with Crippen molar-refractivity contribution in [2.24, 2.45) is 14.1 Å². The SMILES string of the molecule is Cn1ccc(-c2ccnc(Cn3c(=O)nc(Nc4cc5cn(C)nc5cc4Cl)n(Cc4cc(F)c(F)cc4F)c3=O)c2)n1. The molecule has 2 aromatic carbocycles. The van der Waals surface area contributed by atoms with Crippen molar-refractivity contribution in [1.82, 2.24) is 38.7 Å². The second-order valence-corrected chi connectivity index (χ2v) is 10.2. The highest BCUT2D eigenvalue weighted by molar-refractivity contribution is 6.34. The van der Waals surface area contributed by atoms with Gasteiger partial charge in [0.25, 0.3) is 0 Å². The molecule has 0 aliphatic carbocycles. The fourth-order valence-corrected chi connectivity index (χ4v) is 4.80. The third-order valence-corrected chi connectivity index (χ3v) is 6.98. The predicted octanol–water partition coefficient (Wildman–Crippen LogP) is 4.00. The first-order valence-corrected chi connectivity index (χ1v) is 13.1. The fourth-order valence-electron chi connectivity index (χ4n) is 4.60. The lowest BCUT2D eigenvalue weighted by atomic mass is 10.1. The molecule has 0 spiro atoms. The first-order chi connectivity index (χ1) is 20.5. The van der Waals surface area contributed by atoms with Crippen LogP contribution in [0, 0.1) is 17.5 Å². The van der Waals surface area contributed by atoms with Gasteiger partial charge in [-0.3, -0.25) is 18.9 Å². The highest BCUT2D eigenvalue weighted by atomic mass is 35.5. The normalized spacial score (nSPS) is 11.4. The molecule has 0 aliphatic heterocycles. The van der Waals surface area contributed by atoms with E-state index in [1.54, 1.807) is 66.2 Å². The van der Waals surface area contributed by atoms with Gasteiger partial charge in [0.1, 0.15) is 5.82 Å². The molecule has 15 heteroatoms. The number of hydrogen-bond acceptors (Lipinski definition) is 7. The average Bonchev–Trinajstić information content (AvgIpc) is 3.56. The van der Waals surface area contributed by atoms with Crippen LogP contribution in [-0.2, 0) is 27.2 Å². The van der Waals surface area contributed by atoms with Gasteiger partial charge in [0.05, 0.1) is 40.7 Å².